The normalized spacial score (nSPS) is 11.4. The van der Waals surface area contributed by atoms with Crippen LogP contribution in [0.1, 0.15) is 44.1 Å². The van der Waals surface area contributed by atoms with E-state index in [4.69, 9.17) is 0 Å². The quantitative estimate of drug-likeness (QED) is 0.732. The molecule has 1 N–H and O–H groups in total. The molecular formula is C14H26N2. The molecule has 2 nitrogen and oxygen atoms in total. The van der Waals surface area contributed by atoms with E-state index in [1.807, 2.05) is 0 Å². The van der Waals surface area contributed by atoms with Crippen molar-refractivity contribution in [3.8, 4) is 0 Å². The number of rotatable bonds is 6. The van der Waals surface area contributed by atoms with Crippen LogP contribution in [0.15, 0.2) is 6.07 Å². The lowest BCUT2D eigenvalue weighted by Gasteiger charge is -2.08. The van der Waals surface area contributed by atoms with E-state index in [2.05, 4.69) is 50.6 Å². The standard InChI is InChI=1S/C14H26N2/c1-6-16-12(4)10-14(13(16)5)8-7-9-15-11(2)3/h10-11,15H,6-9H2,1-5H3. The van der Waals surface area contributed by atoms with Gasteiger partial charge in [-0.1, -0.05) is 13.8 Å². The highest BCUT2D eigenvalue weighted by atomic mass is 15.0. The zero-order chi connectivity index (χ0) is 12.1. The van der Waals surface area contributed by atoms with Gasteiger partial charge in [0.15, 0.2) is 0 Å². The Morgan fingerprint density at radius 3 is 2.50 bits per heavy atom. The van der Waals surface area contributed by atoms with E-state index in [1.165, 1.54) is 29.8 Å². The van der Waals surface area contributed by atoms with Crippen molar-refractivity contribution in [1.29, 1.82) is 0 Å². The average Bonchev–Trinajstić information content (AvgIpc) is 2.48. The average molecular weight is 222 g/mol. The fourth-order valence-electron chi connectivity index (χ4n) is 2.28. The van der Waals surface area contributed by atoms with Crippen LogP contribution >= 0.6 is 0 Å². The second-order valence-corrected chi connectivity index (χ2v) is 4.85. The first-order valence-electron chi connectivity index (χ1n) is 6.45. The maximum absolute atomic E-state index is 3.46. The van der Waals surface area contributed by atoms with Crippen LogP contribution in [0.3, 0.4) is 0 Å². The predicted molar refractivity (Wildman–Crippen MR) is 71.0 cm³/mol. The van der Waals surface area contributed by atoms with Crippen LogP contribution in [0.4, 0.5) is 0 Å². The fraction of sp³-hybridized carbons (Fsp3) is 0.714. The molecule has 0 spiro atoms. The van der Waals surface area contributed by atoms with E-state index < -0.39 is 0 Å². The van der Waals surface area contributed by atoms with Crippen molar-refractivity contribution in [2.45, 2.75) is 60.0 Å². The SMILES string of the molecule is CCn1c(C)cc(CCCNC(C)C)c1C. The summed E-state index contributed by atoms with van der Waals surface area (Å²) in [6, 6.07) is 2.94. The third kappa shape index (κ3) is 3.38. The zero-order valence-electron chi connectivity index (χ0n) is 11.4. The molecular weight excluding hydrogens is 196 g/mol. The third-order valence-electron chi connectivity index (χ3n) is 3.17. The number of nitrogens with zero attached hydrogens (tertiary/aromatic N) is 1. The molecule has 1 aromatic rings. The molecule has 0 radical (unpaired) electrons. The van der Waals surface area contributed by atoms with Crippen molar-refractivity contribution in [3.05, 3.63) is 23.0 Å². The third-order valence-corrected chi connectivity index (χ3v) is 3.17. The lowest BCUT2D eigenvalue weighted by atomic mass is 10.1. The van der Waals surface area contributed by atoms with Gasteiger partial charge in [-0.25, -0.2) is 0 Å². The molecule has 1 heterocycles. The highest BCUT2D eigenvalue weighted by Crippen LogP contribution is 2.16. The molecule has 0 aromatic carbocycles. The number of hydrogen-bond donors (Lipinski definition) is 1. The predicted octanol–water partition coefficient (Wildman–Crippen LogP) is 3.06. The number of aromatic nitrogens is 1. The first-order chi connectivity index (χ1) is 7.56. The summed E-state index contributed by atoms with van der Waals surface area (Å²) in [5, 5.41) is 3.46. The maximum Gasteiger partial charge on any atom is 0.0196 e. The van der Waals surface area contributed by atoms with Gasteiger partial charge in [0.05, 0.1) is 0 Å². The first kappa shape index (κ1) is 13.3. The molecule has 0 saturated carbocycles. The van der Waals surface area contributed by atoms with Crippen LogP contribution < -0.4 is 5.32 Å². The Morgan fingerprint density at radius 2 is 2.00 bits per heavy atom. The molecule has 92 valence electrons. The maximum atomic E-state index is 3.46. The Hall–Kier alpha value is -0.760. The molecule has 0 saturated heterocycles. The van der Waals surface area contributed by atoms with E-state index in [-0.39, 0.29) is 0 Å². The van der Waals surface area contributed by atoms with Gasteiger partial charge in [0.1, 0.15) is 0 Å². The second-order valence-electron chi connectivity index (χ2n) is 4.85. The van der Waals surface area contributed by atoms with Gasteiger partial charge >= 0.3 is 0 Å². The van der Waals surface area contributed by atoms with Crippen molar-refractivity contribution in [1.82, 2.24) is 9.88 Å². The summed E-state index contributed by atoms with van der Waals surface area (Å²) < 4.78 is 2.39. The number of aryl methyl sites for hydroxylation is 2. The van der Waals surface area contributed by atoms with Gasteiger partial charge in [0.2, 0.25) is 0 Å². The lowest BCUT2D eigenvalue weighted by Crippen LogP contribution is -2.23. The Morgan fingerprint density at radius 1 is 1.31 bits per heavy atom. The van der Waals surface area contributed by atoms with E-state index >= 15 is 0 Å². The zero-order valence-corrected chi connectivity index (χ0v) is 11.4. The Labute approximate surface area is 100 Å². The summed E-state index contributed by atoms with van der Waals surface area (Å²) in [4.78, 5) is 0. The first-order valence-corrected chi connectivity index (χ1v) is 6.45. The summed E-state index contributed by atoms with van der Waals surface area (Å²) in [5.74, 6) is 0. The Balaban J connectivity index is 2.48. The van der Waals surface area contributed by atoms with E-state index in [0.29, 0.717) is 6.04 Å². The molecule has 0 unspecified atom stereocenters. The van der Waals surface area contributed by atoms with Gasteiger partial charge in [-0.3, -0.25) is 0 Å². The molecule has 0 bridgehead atoms. The summed E-state index contributed by atoms with van der Waals surface area (Å²) in [6.45, 7) is 13.2. The minimum atomic E-state index is 0.600. The summed E-state index contributed by atoms with van der Waals surface area (Å²) in [6.07, 6.45) is 2.42. The highest BCUT2D eigenvalue weighted by Gasteiger charge is 2.06. The van der Waals surface area contributed by atoms with Crippen LogP contribution in [-0.2, 0) is 13.0 Å². The smallest absolute Gasteiger partial charge is 0.0196 e. The summed E-state index contributed by atoms with van der Waals surface area (Å²) >= 11 is 0. The van der Waals surface area contributed by atoms with Crippen LogP contribution in [0.2, 0.25) is 0 Å². The van der Waals surface area contributed by atoms with E-state index in [9.17, 15) is 0 Å². The number of hydrogen-bond acceptors (Lipinski definition) is 1. The molecule has 0 amide bonds. The monoisotopic (exact) mass is 222 g/mol. The van der Waals surface area contributed by atoms with Crippen LogP contribution in [-0.4, -0.2) is 17.2 Å². The summed E-state index contributed by atoms with van der Waals surface area (Å²) in [5.41, 5.74) is 4.36. The van der Waals surface area contributed by atoms with Crippen LogP contribution in [0.5, 0.6) is 0 Å². The van der Waals surface area contributed by atoms with Gasteiger partial charge in [-0.05, 0) is 51.8 Å². The van der Waals surface area contributed by atoms with Gasteiger partial charge < -0.3 is 9.88 Å². The molecule has 1 rings (SSSR count). The molecule has 2 heteroatoms. The van der Waals surface area contributed by atoms with Crippen molar-refractivity contribution in [2.24, 2.45) is 0 Å². The van der Waals surface area contributed by atoms with Crippen molar-refractivity contribution < 1.29 is 0 Å². The molecule has 0 atom stereocenters. The van der Waals surface area contributed by atoms with Gasteiger partial charge in [0.25, 0.3) is 0 Å². The van der Waals surface area contributed by atoms with E-state index in [0.717, 1.165) is 13.1 Å². The summed E-state index contributed by atoms with van der Waals surface area (Å²) in [7, 11) is 0. The molecule has 0 fully saturated rings. The van der Waals surface area contributed by atoms with Crippen molar-refractivity contribution in [2.75, 3.05) is 6.54 Å². The fourth-order valence-corrected chi connectivity index (χ4v) is 2.28. The van der Waals surface area contributed by atoms with Crippen molar-refractivity contribution in [3.63, 3.8) is 0 Å². The van der Waals surface area contributed by atoms with E-state index in [1.54, 1.807) is 0 Å². The second kappa shape index (κ2) is 6.09. The Bertz CT molecular complexity index is 324. The minimum Gasteiger partial charge on any atom is -0.349 e. The minimum absolute atomic E-state index is 0.600. The molecule has 0 aliphatic carbocycles. The lowest BCUT2D eigenvalue weighted by molar-refractivity contribution is 0.569. The van der Waals surface area contributed by atoms with Gasteiger partial charge in [-0.15, -0.1) is 0 Å². The molecule has 16 heavy (non-hydrogen) atoms. The molecule has 0 aliphatic rings. The number of nitrogens with one attached hydrogen (secondary N) is 1. The van der Waals surface area contributed by atoms with Crippen LogP contribution in [0.25, 0.3) is 0 Å². The van der Waals surface area contributed by atoms with Gasteiger partial charge in [-0.2, -0.15) is 0 Å². The van der Waals surface area contributed by atoms with Crippen LogP contribution in [0, 0.1) is 13.8 Å². The molecule has 0 aliphatic heterocycles. The Kier molecular flexibility index (Phi) is 5.07. The highest BCUT2D eigenvalue weighted by molar-refractivity contribution is 5.26. The van der Waals surface area contributed by atoms with Crippen molar-refractivity contribution >= 4 is 0 Å². The molecule has 1 aromatic heterocycles. The topological polar surface area (TPSA) is 17.0 Å². The van der Waals surface area contributed by atoms with Gasteiger partial charge in [0, 0.05) is 24.0 Å². The largest absolute Gasteiger partial charge is 0.349 e.